The molecule has 60 valence electrons. The zero-order chi connectivity index (χ0) is 8.10. The third-order valence-corrected chi connectivity index (χ3v) is 1.76. The zero-order valence-corrected chi connectivity index (χ0v) is 7.14. The number of nitrogens with zero attached hydrogens (tertiary/aromatic N) is 3. The second-order valence-corrected chi connectivity index (χ2v) is 2.67. The van der Waals surface area contributed by atoms with Gasteiger partial charge in [-0.1, -0.05) is 11.4 Å². The van der Waals surface area contributed by atoms with Crippen molar-refractivity contribution in [2.75, 3.05) is 0 Å². The Labute approximate surface area is 69.3 Å². The van der Waals surface area contributed by atoms with Gasteiger partial charge in [-0.2, -0.15) is 0 Å². The van der Waals surface area contributed by atoms with Gasteiger partial charge in [-0.25, -0.2) is 0 Å². The van der Waals surface area contributed by atoms with Crippen molar-refractivity contribution in [3.63, 3.8) is 0 Å². The summed E-state index contributed by atoms with van der Waals surface area (Å²) in [5, 5.41) is 5.70. The fourth-order valence-corrected chi connectivity index (χ4v) is 0.990. The quantitative estimate of drug-likeness (QED) is 0.539. The lowest BCUT2D eigenvalue weighted by Crippen LogP contribution is -2.09. The molecule has 0 unspecified atom stereocenters. The fourth-order valence-electron chi connectivity index (χ4n) is 0.547. The SMILES string of the molecule is CCC(N)=NCc1csnn1. The van der Waals surface area contributed by atoms with Gasteiger partial charge in [0.05, 0.1) is 18.1 Å². The van der Waals surface area contributed by atoms with Crippen LogP contribution >= 0.6 is 11.5 Å². The van der Waals surface area contributed by atoms with Crippen molar-refractivity contribution in [3.8, 4) is 0 Å². The van der Waals surface area contributed by atoms with Crippen molar-refractivity contribution in [1.29, 1.82) is 0 Å². The molecule has 0 aliphatic carbocycles. The average molecular weight is 170 g/mol. The highest BCUT2D eigenvalue weighted by Gasteiger charge is 1.93. The number of amidine groups is 1. The minimum absolute atomic E-state index is 0.552. The monoisotopic (exact) mass is 170 g/mol. The summed E-state index contributed by atoms with van der Waals surface area (Å²) < 4.78 is 3.71. The number of aromatic nitrogens is 2. The van der Waals surface area contributed by atoms with Crippen molar-refractivity contribution in [2.24, 2.45) is 10.7 Å². The molecule has 0 spiro atoms. The highest BCUT2D eigenvalue weighted by Crippen LogP contribution is 1.98. The number of hydrogen-bond acceptors (Lipinski definition) is 4. The van der Waals surface area contributed by atoms with Gasteiger partial charge in [0.1, 0.15) is 0 Å². The Hall–Kier alpha value is -0.970. The predicted octanol–water partition coefficient (Wildman–Crippen LogP) is 0.805. The van der Waals surface area contributed by atoms with Crippen LogP contribution in [0.1, 0.15) is 19.0 Å². The molecule has 1 heterocycles. The first-order valence-electron chi connectivity index (χ1n) is 3.37. The van der Waals surface area contributed by atoms with Crippen LogP contribution in [0.4, 0.5) is 0 Å². The highest BCUT2D eigenvalue weighted by atomic mass is 32.1. The van der Waals surface area contributed by atoms with Crippen LogP contribution in [-0.2, 0) is 6.54 Å². The summed E-state index contributed by atoms with van der Waals surface area (Å²) in [4.78, 5) is 4.08. The van der Waals surface area contributed by atoms with Crippen molar-refractivity contribution in [1.82, 2.24) is 9.59 Å². The molecule has 0 bridgehead atoms. The first-order chi connectivity index (χ1) is 5.33. The van der Waals surface area contributed by atoms with Gasteiger partial charge in [-0.3, -0.25) is 4.99 Å². The van der Waals surface area contributed by atoms with Gasteiger partial charge < -0.3 is 5.73 Å². The molecule has 1 rings (SSSR count). The molecular formula is C6H10N4S. The minimum Gasteiger partial charge on any atom is -0.387 e. The van der Waals surface area contributed by atoms with Crippen LogP contribution in [0.2, 0.25) is 0 Å². The van der Waals surface area contributed by atoms with Gasteiger partial charge in [0, 0.05) is 11.8 Å². The van der Waals surface area contributed by atoms with Crippen LogP contribution < -0.4 is 5.73 Å². The Kier molecular flexibility index (Phi) is 2.97. The molecule has 0 aliphatic heterocycles. The molecule has 4 nitrogen and oxygen atoms in total. The van der Waals surface area contributed by atoms with Crippen LogP contribution in [-0.4, -0.2) is 15.4 Å². The second-order valence-electron chi connectivity index (χ2n) is 2.06. The number of aliphatic imine (C=N–C) groups is 1. The van der Waals surface area contributed by atoms with E-state index in [0.29, 0.717) is 12.4 Å². The number of nitrogens with two attached hydrogens (primary N) is 1. The van der Waals surface area contributed by atoms with E-state index in [0.717, 1.165) is 12.1 Å². The third-order valence-electron chi connectivity index (χ3n) is 1.21. The maximum absolute atomic E-state index is 5.49. The van der Waals surface area contributed by atoms with Gasteiger partial charge in [-0.15, -0.1) is 5.10 Å². The van der Waals surface area contributed by atoms with Crippen LogP contribution in [0.25, 0.3) is 0 Å². The van der Waals surface area contributed by atoms with E-state index in [2.05, 4.69) is 14.6 Å². The molecule has 0 saturated carbocycles. The Balaban J connectivity index is 2.45. The Bertz CT molecular complexity index is 229. The molecule has 0 fully saturated rings. The van der Waals surface area contributed by atoms with E-state index in [1.165, 1.54) is 11.5 Å². The van der Waals surface area contributed by atoms with E-state index in [-0.39, 0.29) is 0 Å². The maximum Gasteiger partial charge on any atom is 0.0970 e. The van der Waals surface area contributed by atoms with Crippen LogP contribution in [0.5, 0.6) is 0 Å². The van der Waals surface area contributed by atoms with Crippen LogP contribution in [0.15, 0.2) is 10.4 Å². The highest BCUT2D eigenvalue weighted by molar-refractivity contribution is 7.03. The minimum atomic E-state index is 0.552. The Morgan fingerprint density at radius 1 is 1.82 bits per heavy atom. The summed E-state index contributed by atoms with van der Waals surface area (Å²) >= 11 is 1.33. The molecule has 5 heteroatoms. The first-order valence-corrected chi connectivity index (χ1v) is 4.21. The van der Waals surface area contributed by atoms with E-state index in [1.807, 2.05) is 12.3 Å². The molecule has 0 aliphatic rings. The lowest BCUT2D eigenvalue weighted by atomic mass is 10.4. The molecule has 0 radical (unpaired) electrons. The molecular weight excluding hydrogens is 160 g/mol. The summed E-state index contributed by atoms with van der Waals surface area (Å²) in [7, 11) is 0. The van der Waals surface area contributed by atoms with Crippen LogP contribution in [0.3, 0.4) is 0 Å². The van der Waals surface area contributed by atoms with E-state index < -0.39 is 0 Å². The summed E-state index contributed by atoms with van der Waals surface area (Å²) in [6, 6.07) is 0. The Morgan fingerprint density at radius 2 is 2.64 bits per heavy atom. The van der Waals surface area contributed by atoms with E-state index >= 15 is 0 Å². The average Bonchev–Trinajstić information content (AvgIpc) is 2.52. The van der Waals surface area contributed by atoms with Gasteiger partial charge in [0.15, 0.2) is 0 Å². The van der Waals surface area contributed by atoms with Crippen molar-refractivity contribution in [2.45, 2.75) is 19.9 Å². The van der Waals surface area contributed by atoms with Gasteiger partial charge in [-0.05, 0) is 11.5 Å². The third kappa shape index (κ3) is 2.63. The Morgan fingerprint density at radius 3 is 3.18 bits per heavy atom. The second kappa shape index (κ2) is 4.02. The van der Waals surface area contributed by atoms with Gasteiger partial charge in [0.25, 0.3) is 0 Å². The summed E-state index contributed by atoms with van der Waals surface area (Å²) in [5.74, 6) is 0.665. The molecule has 1 aromatic rings. The van der Waals surface area contributed by atoms with Crippen molar-refractivity contribution < 1.29 is 0 Å². The normalized spacial score (nSPS) is 11.9. The van der Waals surface area contributed by atoms with Gasteiger partial charge in [0.2, 0.25) is 0 Å². The molecule has 1 aromatic heterocycles. The summed E-state index contributed by atoms with van der Waals surface area (Å²) in [6.07, 6.45) is 0.789. The molecule has 2 N–H and O–H groups in total. The molecule has 11 heavy (non-hydrogen) atoms. The number of rotatable bonds is 3. The lowest BCUT2D eigenvalue weighted by molar-refractivity contribution is 0.947. The predicted molar refractivity (Wildman–Crippen MR) is 45.5 cm³/mol. The van der Waals surface area contributed by atoms with Crippen molar-refractivity contribution >= 4 is 17.4 Å². The van der Waals surface area contributed by atoms with E-state index in [1.54, 1.807) is 0 Å². The first kappa shape index (κ1) is 8.13. The smallest absolute Gasteiger partial charge is 0.0970 e. The molecule has 0 aromatic carbocycles. The standard InChI is InChI=1S/C6H10N4S/c1-2-6(7)8-3-5-4-11-10-9-5/h4H,2-3H2,1H3,(H2,7,8). The topological polar surface area (TPSA) is 64.2 Å². The molecule has 0 amide bonds. The fraction of sp³-hybridized carbons (Fsp3) is 0.500. The summed E-state index contributed by atoms with van der Waals surface area (Å²) in [5.41, 5.74) is 6.38. The maximum atomic E-state index is 5.49. The van der Waals surface area contributed by atoms with E-state index in [9.17, 15) is 0 Å². The lowest BCUT2D eigenvalue weighted by Gasteiger charge is -1.92. The van der Waals surface area contributed by atoms with E-state index in [4.69, 9.17) is 5.73 Å². The molecule has 0 atom stereocenters. The largest absolute Gasteiger partial charge is 0.387 e. The summed E-state index contributed by atoms with van der Waals surface area (Å²) in [6.45, 7) is 2.52. The van der Waals surface area contributed by atoms with Crippen molar-refractivity contribution in [3.05, 3.63) is 11.1 Å². The number of hydrogen-bond donors (Lipinski definition) is 1. The van der Waals surface area contributed by atoms with Gasteiger partial charge >= 0.3 is 0 Å². The zero-order valence-electron chi connectivity index (χ0n) is 6.32. The van der Waals surface area contributed by atoms with Crippen LogP contribution in [0, 0.1) is 0 Å². The molecule has 0 saturated heterocycles.